The molecule has 8 heteroatoms. The molecule has 0 saturated heterocycles. The predicted octanol–water partition coefficient (Wildman–Crippen LogP) is 4.18. The van der Waals surface area contributed by atoms with Crippen LogP contribution in [0.3, 0.4) is 0 Å². The minimum atomic E-state index is 0. The Hall–Kier alpha value is -2.00. The van der Waals surface area contributed by atoms with Gasteiger partial charge in [0.1, 0.15) is 11.6 Å². The standard InChI is InChI=1S/C21H26ClN5O.HI/c1-23-21(25-13-11-15-9-10-16(28-2)14-17(15)22)24-12-5-8-20-26-18-6-3-4-7-19(18)27-20;/h3-4,6-7,9-10,14H,5,8,11-13H2,1-2H3,(H,26,27)(H2,23,24,25);1H. The van der Waals surface area contributed by atoms with E-state index in [2.05, 4.69) is 25.6 Å². The van der Waals surface area contributed by atoms with Crippen molar-refractivity contribution in [2.24, 2.45) is 4.99 Å². The maximum absolute atomic E-state index is 6.28. The van der Waals surface area contributed by atoms with Crippen LogP contribution >= 0.6 is 35.6 Å². The third kappa shape index (κ3) is 6.78. The molecule has 3 N–H and O–H groups in total. The number of imidazole rings is 1. The lowest BCUT2D eigenvalue weighted by Crippen LogP contribution is -2.38. The summed E-state index contributed by atoms with van der Waals surface area (Å²) in [5.74, 6) is 2.57. The van der Waals surface area contributed by atoms with E-state index in [9.17, 15) is 0 Å². The number of guanidine groups is 1. The van der Waals surface area contributed by atoms with Gasteiger partial charge in [0.05, 0.1) is 18.1 Å². The van der Waals surface area contributed by atoms with Crippen molar-refractivity contribution in [1.82, 2.24) is 20.6 Å². The molecule has 3 rings (SSSR count). The number of hydrogen-bond donors (Lipinski definition) is 3. The molecule has 0 aliphatic rings. The number of para-hydroxylation sites is 2. The van der Waals surface area contributed by atoms with Gasteiger partial charge in [0.25, 0.3) is 0 Å². The third-order valence-electron chi connectivity index (χ3n) is 4.49. The van der Waals surface area contributed by atoms with Gasteiger partial charge in [0, 0.05) is 31.6 Å². The maximum Gasteiger partial charge on any atom is 0.190 e. The largest absolute Gasteiger partial charge is 0.497 e. The zero-order valence-corrected chi connectivity index (χ0v) is 19.8. The summed E-state index contributed by atoms with van der Waals surface area (Å²) >= 11 is 6.28. The molecular formula is C21H27ClIN5O. The number of rotatable bonds is 8. The van der Waals surface area contributed by atoms with Gasteiger partial charge in [0.15, 0.2) is 5.96 Å². The highest BCUT2D eigenvalue weighted by Gasteiger charge is 2.04. The number of benzene rings is 2. The summed E-state index contributed by atoms with van der Waals surface area (Å²) in [4.78, 5) is 12.2. The quantitative estimate of drug-likeness (QED) is 0.178. The number of aromatic amines is 1. The van der Waals surface area contributed by atoms with Gasteiger partial charge in [0.2, 0.25) is 0 Å². The lowest BCUT2D eigenvalue weighted by atomic mass is 10.1. The van der Waals surface area contributed by atoms with E-state index in [0.717, 1.165) is 71.5 Å². The first-order valence-electron chi connectivity index (χ1n) is 9.40. The first kappa shape index (κ1) is 23.3. The Balaban J connectivity index is 0.00000300. The van der Waals surface area contributed by atoms with Crippen LogP contribution in [-0.4, -0.2) is 43.2 Å². The first-order chi connectivity index (χ1) is 13.7. The minimum absolute atomic E-state index is 0. The van der Waals surface area contributed by atoms with E-state index in [4.69, 9.17) is 16.3 Å². The molecule has 0 spiro atoms. The molecule has 0 bridgehead atoms. The molecule has 0 fully saturated rings. The molecule has 156 valence electrons. The molecule has 2 aromatic carbocycles. The van der Waals surface area contributed by atoms with E-state index in [-0.39, 0.29) is 24.0 Å². The number of methoxy groups -OCH3 is 1. The van der Waals surface area contributed by atoms with E-state index in [1.54, 1.807) is 14.2 Å². The lowest BCUT2D eigenvalue weighted by Gasteiger charge is -2.12. The molecule has 0 saturated carbocycles. The highest BCUT2D eigenvalue weighted by atomic mass is 127. The Morgan fingerprint density at radius 3 is 2.66 bits per heavy atom. The summed E-state index contributed by atoms with van der Waals surface area (Å²) in [6.45, 7) is 1.56. The van der Waals surface area contributed by atoms with Crippen molar-refractivity contribution in [3.63, 3.8) is 0 Å². The normalized spacial score (nSPS) is 11.2. The average Bonchev–Trinajstić information content (AvgIpc) is 3.13. The molecule has 0 aliphatic heterocycles. The second-order valence-electron chi connectivity index (χ2n) is 6.44. The summed E-state index contributed by atoms with van der Waals surface area (Å²) in [6.07, 6.45) is 2.66. The third-order valence-corrected chi connectivity index (χ3v) is 4.84. The van der Waals surface area contributed by atoms with Crippen LogP contribution in [0, 0.1) is 0 Å². The summed E-state index contributed by atoms with van der Waals surface area (Å²) in [5, 5.41) is 7.37. The Morgan fingerprint density at radius 2 is 1.93 bits per heavy atom. The number of halogens is 2. The van der Waals surface area contributed by atoms with Gasteiger partial charge in [-0.05, 0) is 42.7 Å². The number of aliphatic imine (C=N–C) groups is 1. The number of ether oxygens (including phenoxy) is 1. The minimum Gasteiger partial charge on any atom is -0.497 e. The molecule has 0 unspecified atom stereocenters. The van der Waals surface area contributed by atoms with Crippen LogP contribution in [0.15, 0.2) is 47.5 Å². The van der Waals surface area contributed by atoms with Gasteiger partial charge in [-0.15, -0.1) is 24.0 Å². The van der Waals surface area contributed by atoms with Gasteiger partial charge < -0.3 is 20.4 Å². The summed E-state index contributed by atoms with van der Waals surface area (Å²) in [7, 11) is 3.41. The molecule has 0 amide bonds. The van der Waals surface area contributed by atoms with E-state index in [1.807, 2.05) is 42.5 Å². The summed E-state index contributed by atoms with van der Waals surface area (Å²) < 4.78 is 5.18. The van der Waals surface area contributed by atoms with E-state index in [1.165, 1.54) is 0 Å². The molecule has 1 heterocycles. The van der Waals surface area contributed by atoms with Crippen molar-refractivity contribution in [1.29, 1.82) is 0 Å². The highest BCUT2D eigenvalue weighted by Crippen LogP contribution is 2.22. The van der Waals surface area contributed by atoms with Gasteiger partial charge in [-0.3, -0.25) is 4.99 Å². The van der Waals surface area contributed by atoms with Crippen LogP contribution in [0.5, 0.6) is 5.75 Å². The second kappa shape index (κ2) is 11.9. The Kier molecular flexibility index (Phi) is 9.53. The van der Waals surface area contributed by atoms with Gasteiger partial charge >= 0.3 is 0 Å². The number of hydrogen-bond acceptors (Lipinski definition) is 3. The Morgan fingerprint density at radius 1 is 1.14 bits per heavy atom. The van der Waals surface area contributed by atoms with E-state index < -0.39 is 0 Å². The fraction of sp³-hybridized carbons (Fsp3) is 0.333. The highest BCUT2D eigenvalue weighted by molar-refractivity contribution is 14.0. The van der Waals surface area contributed by atoms with Crippen molar-refractivity contribution in [2.75, 3.05) is 27.2 Å². The van der Waals surface area contributed by atoms with Crippen LogP contribution < -0.4 is 15.4 Å². The van der Waals surface area contributed by atoms with Crippen LogP contribution in [0.1, 0.15) is 17.8 Å². The Bertz CT molecular complexity index is 911. The zero-order chi connectivity index (χ0) is 19.8. The van der Waals surface area contributed by atoms with Crippen LogP contribution in [-0.2, 0) is 12.8 Å². The molecule has 0 aliphatic carbocycles. The number of aromatic nitrogens is 2. The van der Waals surface area contributed by atoms with E-state index in [0.29, 0.717) is 0 Å². The summed E-state index contributed by atoms with van der Waals surface area (Å²) in [6, 6.07) is 13.8. The smallest absolute Gasteiger partial charge is 0.190 e. The molecule has 6 nitrogen and oxygen atoms in total. The van der Waals surface area contributed by atoms with Gasteiger partial charge in [-0.2, -0.15) is 0 Å². The molecular weight excluding hydrogens is 501 g/mol. The number of H-pyrrole nitrogens is 1. The molecule has 29 heavy (non-hydrogen) atoms. The lowest BCUT2D eigenvalue weighted by molar-refractivity contribution is 0.414. The molecule has 3 aromatic rings. The van der Waals surface area contributed by atoms with Crippen LogP contribution in [0.4, 0.5) is 0 Å². The van der Waals surface area contributed by atoms with Crippen molar-refractivity contribution < 1.29 is 4.74 Å². The van der Waals surface area contributed by atoms with Crippen LogP contribution in [0.25, 0.3) is 11.0 Å². The number of aryl methyl sites for hydroxylation is 1. The topological polar surface area (TPSA) is 74.3 Å². The Labute approximate surface area is 193 Å². The summed E-state index contributed by atoms with van der Waals surface area (Å²) in [5.41, 5.74) is 3.18. The SMILES string of the molecule is CN=C(NCCCc1nc2ccccc2[nH]1)NCCc1ccc(OC)cc1Cl.I. The predicted molar refractivity (Wildman–Crippen MR) is 131 cm³/mol. The van der Waals surface area contributed by atoms with Crippen molar-refractivity contribution in [3.8, 4) is 5.75 Å². The molecule has 0 atom stereocenters. The van der Waals surface area contributed by atoms with E-state index >= 15 is 0 Å². The van der Waals surface area contributed by atoms with Gasteiger partial charge in [-0.1, -0.05) is 29.8 Å². The van der Waals surface area contributed by atoms with Gasteiger partial charge in [-0.25, -0.2) is 4.98 Å². The zero-order valence-electron chi connectivity index (χ0n) is 16.7. The monoisotopic (exact) mass is 527 g/mol. The number of nitrogens with zero attached hydrogens (tertiary/aromatic N) is 2. The second-order valence-corrected chi connectivity index (χ2v) is 6.84. The molecule has 0 radical (unpaired) electrons. The van der Waals surface area contributed by atoms with Crippen molar-refractivity contribution >= 4 is 52.6 Å². The first-order valence-corrected chi connectivity index (χ1v) is 9.78. The van der Waals surface area contributed by atoms with Crippen molar-refractivity contribution in [2.45, 2.75) is 19.3 Å². The van der Waals surface area contributed by atoms with Crippen molar-refractivity contribution in [3.05, 3.63) is 58.9 Å². The van der Waals surface area contributed by atoms with Crippen LogP contribution in [0.2, 0.25) is 5.02 Å². The fourth-order valence-electron chi connectivity index (χ4n) is 2.98. The number of fused-ring (bicyclic) bond motifs is 1. The number of nitrogens with one attached hydrogen (secondary N) is 3. The average molecular weight is 528 g/mol. The fourth-order valence-corrected chi connectivity index (χ4v) is 3.25. The maximum atomic E-state index is 6.28. The molecule has 1 aromatic heterocycles.